The van der Waals surface area contributed by atoms with E-state index in [1.165, 1.54) is 13.2 Å². The van der Waals surface area contributed by atoms with Crippen LogP contribution >= 0.6 is 0 Å². The van der Waals surface area contributed by atoms with Crippen LogP contribution < -0.4 is 5.32 Å². The summed E-state index contributed by atoms with van der Waals surface area (Å²) in [4.78, 5) is 36.5. The van der Waals surface area contributed by atoms with Crippen LogP contribution in [0.4, 0.5) is 0 Å². The summed E-state index contributed by atoms with van der Waals surface area (Å²) < 4.78 is 11.6. The highest BCUT2D eigenvalue weighted by Gasteiger charge is 2.22. The van der Waals surface area contributed by atoms with Gasteiger partial charge >= 0.3 is 11.9 Å². The van der Waals surface area contributed by atoms with Gasteiger partial charge in [0.25, 0.3) is 5.91 Å². The molecule has 34 heavy (non-hydrogen) atoms. The molecule has 8 heteroatoms. The van der Waals surface area contributed by atoms with Crippen molar-refractivity contribution >= 4 is 23.9 Å². The van der Waals surface area contributed by atoms with Crippen LogP contribution in [0.15, 0.2) is 66.7 Å². The fourth-order valence-electron chi connectivity index (χ4n) is 3.47. The highest BCUT2D eigenvalue weighted by atomic mass is 16.5. The van der Waals surface area contributed by atoms with Gasteiger partial charge in [0.2, 0.25) is 0 Å². The largest absolute Gasteiger partial charge is 0.467 e. The van der Waals surface area contributed by atoms with E-state index in [0.29, 0.717) is 0 Å². The molecule has 1 unspecified atom stereocenters. The highest BCUT2D eigenvalue weighted by Crippen LogP contribution is 2.19. The van der Waals surface area contributed by atoms with Crippen molar-refractivity contribution in [3.63, 3.8) is 0 Å². The third kappa shape index (κ3) is 6.41. The van der Waals surface area contributed by atoms with Crippen molar-refractivity contribution in [2.24, 2.45) is 0 Å². The minimum absolute atomic E-state index is 0.261. The van der Waals surface area contributed by atoms with Crippen LogP contribution in [-0.2, 0) is 30.3 Å². The number of para-hydroxylation sites is 1. The minimum Gasteiger partial charge on any atom is -0.467 e. The van der Waals surface area contributed by atoms with Gasteiger partial charge in [-0.25, -0.2) is 14.3 Å². The van der Waals surface area contributed by atoms with E-state index < -0.39 is 30.5 Å². The van der Waals surface area contributed by atoms with Crippen molar-refractivity contribution in [3.05, 3.63) is 89.3 Å². The van der Waals surface area contributed by atoms with Crippen molar-refractivity contribution < 1.29 is 23.9 Å². The number of nitrogens with one attached hydrogen (secondary N) is 1. The van der Waals surface area contributed by atoms with E-state index in [-0.39, 0.29) is 6.42 Å². The lowest BCUT2D eigenvalue weighted by Crippen LogP contribution is -2.44. The number of aryl methyl sites for hydroxylation is 1. The molecule has 8 nitrogen and oxygen atoms in total. The minimum atomic E-state index is -0.886. The molecule has 1 amide bonds. The molecule has 3 rings (SSSR count). The van der Waals surface area contributed by atoms with E-state index in [0.717, 1.165) is 28.2 Å². The maximum atomic E-state index is 12.3. The Morgan fingerprint density at radius 3 is 2.32 bits per heavy atom. The standard InChI is InChI=1S/C26H27N3O5/c1-18-22(19(2)29(28-18)21-12-8-5-9-13-21)14-15-25(31)34-17-24(30)27-23(26(32)33-3)16-20-10-6-4-7-11-20/h4-15,23H,16-17H2,1-3H3,(H,27,30)/b15-14+. The highest BCUT2D eigenvalue weighted by molar-refractivity contribution is 5.90. The maximum absolute atomic E-state index is 12.3. The molecule has 0 fully saturated rings. The summed E-state index contributed by atoms with van der Waals surface area (Å²) in [7, 11) is 1.25. The summed E-state index contributed by atoms with van der Waals surface area (Å²) in [5.74, 6) is -1.86. The number of carbonyl (C=O) groups is 3. The van der Waals surface area contributed by atoms with Gasteiger partial charge < -0.3 is 14.8 Å². The first-order valence-electron chi connectivity index (χ1n) is 10.8. The van der Waals surface area contributed by atoms with E-state index in [1.54, 1.807) is 10.8 Å². The van der Waals surface area contributed by atoms with Gasteiger partial charge in [-0.15, -0.1) is 0 Å². The number of amides is 1. The number of methoxy groups -OCH3 is 1. The quantitative estimate of drug-likeness (QED) is 0.389. The first-order chi connectivity index (χ1) is 16.4. The van der Waals surface area contributed by atoms with Crippen LogP contribution in [0.25, 0.3) is 11.8 Å². The third-order valence-electron chi connectivity index (χ3n) is 5.18. The lowest BCUT2D eigenvalue weighted by molar-refractivity contribution is -0.147. The molecular formula is C26H27N3O5. The molecule has 1 heterocycles. The summed E-state index contributed by atoms with van der Waals surface area (Å²) >= 11 is 0. The molecular weight excluding hydrogens is 434 g/mol. The van der Waals surface area contributed by atoms with Crippen LogP contribution in [0.2, 0.25) is 0 Å². The van der Waals surface area contributed by atoms with Gasteiger partial charge in [0.05, 0.1) is 18.5 Å². The van der Waals surface area contributed by atoms with Crippen molar-refractivity contribution in [2.75, 3.05) is 13.7 Å². The number of esters is 2. The van der Waals surface area contributed by atoms with E-state index in [4.69, 9.17) is 9.47 Å². The summed E-state index contributed by atoms with van der Waals surface area (Å²) in [5.41, 5.74) is 4.19. The molecule has 0 spiro atoms. The predicted octanol–water partition coefficient (Wildman–Crippen LogP) is 2.95. The normalized spacial score (nSPS) is 11.7. The monoisotopic (exact) mass is 461 g/mol. The number of rotatable bonds is 9. The van der Waals surface area contributed by atoms with E-state index in [9.17, 15) is 14.4 Å². The van der Waals surface area contributed by atoms with Crippen LogP contribution in [-0.4, -0.2) is 47.4 Å². The molecule has 0 saturated carbocycles. The predicted molar refractivity (Wildman–Crippen MR) is 127 cm³/mol. The topological polar surface area (TPSA) is 99.5 Å². The van der Waals surface area contributed by atoms with E-state index >= 15 is 0 Å². The Morgan fingerprint density at radius 1 is 1.03 bits per heavy atom. The Morgan fingerprint density at radius 2 is 1.68 bits per heavy atom. The maximum Gasteiger partial charge on any atom is 0.331 e. The Kier molecular flexibility index (Phi) is 8.34. The fraction of sp³-hybridized carbons (Fsp3) is 0.231. The Hall–Kier alpha value is -4.20. The Labute approximate surface area is 198 Å². The zero-order valence-electron chi connectivity index (χ0n) is 19.4. The first kappa shape index (κ1) is 24.4. The number of carbonyl (C=O) groups excluding carboxylic acids is 3. The molecule has 1 aromatic heterocycles. The van der Waals surface area contributed by atoms with Crippen LogP contribution in [0, 0.1) is 13.8 Å². The summed E-state index contributed by atoms with van der Waals surface area (Å²) in [6, 6.07) is 18.0. The van der Waals surface area contributed by atoms with Crippen molar-refractivity contribution in [2.45, 2.75) is 26.3 Å². The van der Waals surface area contributed by atoms with Gasteiger partial charge in [-0.2, -0.15) is 5.10 Å². The van der Waals surface area contributed by atoms with Gasteiger partial charge in [-0.05, 0) is 37.6 Å². The van der Waals surface area contributed by atoms with Crippen LogP contribution in [0.1, 0.15) is 22.5 Å². The molecule has 1 N–H and O–H groups in total. The number of aromatic nitrogens is 2. The van der Waals surface area contributed by atoms with Gasteiger partial charge in [-0.1, -0.05) is 48.5 Å². The van der Waals surface area contributed by atoms with Gasteiger partial charge in [-0.3, -0.25) is 4.79 Å². The van der Waals surface area contributed by atoms with Crippen LogP contribution in [0.5, 0.6) is 0 Å². The number of hydrogen-bond donors (Lipinski definition) is 1. The molecule has 176 valence electrons. The first-order valence-corrected chi connectivity index (χ1v) is 10.8. The van der Waals surface area contributed by atoms with Gasteiger partial charge in [0, 0.05) is 23.8 Å². The van der Waals surface area contributed by atoms with E-state index in [1.807, 2.05) is 74.5 Å². The molecule has 0 saturated heterocycles. The average Bonchev–Trinajstić information content (AvgIpc) is 3.14. The Bertz CT molecular complexity index is 1170. The molecule has 0 radical (unpaired) electrons. The summed E-state index contributed by atoms with van der Waals surface area (Å²) in [6.45, 7) is 3.24. The van der Waals surface area contributed by atoms with Gasteiger partial charge in [0.15, 0.2) is 6.61 Å². The van der Waals surface area contributed by atoms with E-state index in [2.05, 4.69) is 10.4 Å². The lowest BCUT2D eigenvalue weighted by Gasteiger charge is -2.16. The smallest absolute Gasteiger partial charge is 0.331 e. The molecule has 0 aliphatic heterocycles. The number of hydrogen-bond acceptors (Lipinski definition) is 6. The van der Waals surface area contributed by atoms with Crippen molar-refractivity contribution in [3.8, 4) is 5.69 Å². The van der Waals surface area contributed by atoms with Crippen molar-refractivity contribution in [1.29, 1.82) is 0 Å². The number of nitrogens with zero attached hydrogens (tertiary/aromatic N) is 2. The zero-order chi connectivity index (χ0) is 24.5. The second-order valence-electron chi connectivity index (χ2n) is 7.61. The fourth-order valence-corrected chi connectivity index (χ4v) is 3.47. The zero-order valence-corrected chi connectivity index (χ0v) is 19.4. The summed E-state index contributed by atoms with van der Waals surface area (Å²) in [6.07, 6.45) is 3.13. The molecule has 0 aliphatic rings. The molecule has 2 aromatic carbocycles. The molecule has 1 atom stereocenters. The summed E-state index contributed by atoms with van der Waals surface area (Å²) in [5, 5.41) is 7.09. The second-order valence-corrected chi connectivity index (χ2v) is 7.61. The Balaban J connectivity index is 1.57. The second kappa shape index (κ2) is 11.6. The lowest BCUT2D eigenvalue weighted by atomic mass is 10.1. The van der Waals surface area contributed by atoms with Crippen molar-refractivity contribution in [1.82, 2.24) is 15.1 Å². The van der Waals surface area contributed by atoms with Crippen LogP contribution in [0.3, 0.4) is 0 Å². The molecule has 3 aromatic rings. The molecule has 0 bridgehead atoms. The van der Waals surface area contributed by atoms with Gasteiger partial charge in [0.1, 0.15) is 6.04 Å². The average molecular weight is 462 g/mol. The number of benzene rings is 2. The molecule has 0 aliphatic carbocycles. The SMILES string of the molecule is COC(=O)C(Cc1ccccc1)NC(=O)COC(=O)/C=C/c1c(C)nn(-c2ccccc2)c1C. The third-order valence-corrected chi connectivity index (χ3v) is 5.18. The number of ether oxygens (including phenoxy) is 2.